The van der Waals surface area contributed by atoms with Gasteiger partial charge < -0.3 is 5.32 Å². The van der Waals surface area contributed by atoms with Crippen molar-refractivity contribution in [3.05, 3.63) is 23.2 Å². The molecule has 0 bridgehead atoms. The van der Waals surface area contributed by atoms with Crippen molar-refractivity contribution in [1.29, 1.82) is 0 Å². The average molecular weight is 222 g/mol. The SMILES string of the molecule is Cc1c(C=C2NC(=S)NC2=O)cnn1C. The first-order valence-corrected chi connectivity index (χ1v) is 4.81. The summed E-state index contributed by atoms with van der Waals surface area (Å²) < 4.78 is 1.75. The van der Waals surface area contributed by atoms with Crippen LogP contribution in [-0.4, -0.2) is 20.8 Å². The Morgan fingerprint density at radius 3 is 2.73 bits per heavy atom. The van der Waals surface area contributed by atoms with Gasteiger partial charge in [-0.2, -0.15) is 5.10 Å². The first kappa shape index (κ1) is 9.85. The van der Waals surface area contributed by atoms with E-state index in [1.807, 2.05) is 14.0 Å². The van der Waals surface area contributed by atoms with Crippen molar-refractivity contribution in [2.24, 2.45) is 7.05 Å². The van der Waals surface area contributed by atoms with Crippen molar-refractivity contribution in [1.82, 2.24) is 20.4 Å². The van der Waals surface area contributed by atoms with Crippen LogP contribution in [0, 0.1) is 6.92 Å². The largest absolute Gasteiger partial charge is 0.328 e. The Kier molecular flexibility index (Phi) is 2.28. The van der Waals surface area contributed by atoms with Gasteiger partial charge in [0.05, 0.1) is 6.20 Å². The molecule has 5 nitrogen and oxygen atoms in total. The molecule has 78 valence electrons. The monoisotopic (exact) mass is 222 g/mol. The van der Waals surface area contributed by atoms with E-state index in [4.69, 9.17) is 12.2 Å². The molecule has 1 saturated heterocycles. The highest BCUT2D eigenvalue weighted by atomic mass is 32.1. The number of hydrogen-bond donors (Lipinski definition) is 2. The zero-order valence-corrected chi connectivity index (χ0v) is 9.18. The highest BCUT2D eigenvalue weighted by molar-refractivity contribution is 7.80. The molecule has 0 unspecified atom stereocenters. The van der Waals surface area contributed by atoms with Crippen molar-refractivity contribution < 1.29 is 4.79 Å². The molecule has 2 N–H and O–H groups in total. The molecule has 1 aromatic heterocycles. The summed E-state index contributed by atoms with van der Waals surface area (Å²) >= 11 is 4.82. The van der Waals surface area contributed by atoms with Crippen LogP contribution >= 0.6 is 12.2 Å². The Labute approximate surface area is 92.2 Å². The number of carbonyl (C=O) groups is 1. The van der Waals surface area contributed by atoms with Crippen LogP contribution in [0.5, 0.6) is 0 Å². The van der Waals surface area contributed by atoms with E-state index in [1.165, 1.54) is 0 Å². The number of nitrogens with zero attached hydrogens (tertiary/aromatic N) is 2. The Morgan fingerprint density at radius 2 is 2.27 bits per heavy atom. The number of rotatable bonds is 1. The van der Waals surface area contributed by atoms with Crippen LogP contribution in [0.25, 0.3) is 6.08 Å². The smallest absolute Gasteiger partial charge is 0.273 e. The summed E-state index contributed by atoms with van der Waals surface area (Å²) in [5, 5.41) is 9.71. The summed E-state index contributed by atoms with van der Waals surface area (Å²) in [5.41, 5.74) is 2.35. The maximum absolute atomic E-state index is 11.4. The number of hydrogen-bond acceptors (Lipinski definition) is 3. The van der Waals surface area contributed by atoms with Crippen molar-refractivity contribution in [2.75, 3.05) is 0 Å². The number of aryl methyl sites for hydroxylation is 1. The summed E-state index contributed by atoms with van der Waals surface area (Å²) in [6.45, 7) is 1.94. The summed E-state index contributed by atoms with van der Waals surface area (Å²) in [6.07, 6.45) is 3.44. The van der Waals surface area contributed by atoms with E-state index < -0.39 is 0 Å². The van der Waals surface area contributed by atoms with Crippen LogP contribution in [0.1, 0.15) is 11.3 Å². The van der Waals surface area contributed by atoms with Crippen LogP contribution in [0.2, 0.25) is 0 Å². The number of amides is 1. The molecule has 1 aliphatic rings. The number of nitrogens with one attached hydrogen (secondary N) is 2. The summed E-state index contributed by atoms with van der Waals surface area (Å²) in [4.78, 5) is 11.4. The minimum Gasteiger partial charge on any atom is -0.328 e. The molecule has 1 aliphatic heterocycles. The Morgan fingerprint density at radius 1 is 1.53 bits per heavy atom. The van der Waals surface area contributed by atoms with E-state index in [0.717, 1.165) is 11.3 Å². The van der Waals surface area contributed by atoms with Crippen molar-refractivity contribution in [2.45, 2.75) is 6.92 Å². The maximum atomic E-state index is 11.4. The van der Waals surface area contributed by atoms with Gasteiger partial charge in [-0.05, 0) is 25.2 Å². The van der Waals surface area contributed by atoms with Gasteiger partial charge >= 0.3 is 0 Å². The van der Waals surface area contributed by atoms with Gasteiger partial charge in [0.15, 0.2) is 5.11 Å². The van der Waals surface area contributed by atoms with Crippen LogP contribution in [-0.2, 0) is 11.8 Å². The Hall–Kier alpha value is -1.69. The molecule has 1 fully saturated rings. The predicted octanol–water partition coefficient (Wildman–Crippen LogP) is 0.0737. The fourth-order valence-corrected chi connectivity index (χ4v) is 1.50. The third-order valence-corrected chi connectivity index (χ3v) is 2.50. The van der Waals surface area contributed by atoms with E-state index >= 15 is 0 Å². The van der Waals surface area contributed by atoms with Crippen molar-refractivity contribution in [3.63, 3.8) is 0 Å². The van der Waals surface area contributed by atoms with E-state index in [-0.39, 0.29) is 5.91 Å². The number of thiocarbonyl (C=S) groups is 1. The lowest BCUT2D eigenvalue weighted by Gasteiger charge is -1.96. The first-order chi connectivity index (χ1) is 7.08. The second kappa shape index (κ2) is 3.47. The molecular formula is C9H10N4OS. The second-order valence-corrected chi connectivity index (χ2v) is 3.68. The van der Waals surface area contributed by atoms with Gasteiger partial charge in [-0.1, -0.05) is 0 Å². The van der Waals surface area contributed by atoms with Crippen LogP contribution < -0.4 is 10.6 Å². The maximum Gasteiger partial charge on any atom is 0.273 e. The average Bonchev–Trinajstić information content (AvgIpc) is 2.64. The minimum absolute atomic E-state index is 0.205. The second-order valence-electron chi connectivity index (χ2n) is 3.28. The standard InChI is InChI=1S/C9H10N4OS/c1-5-6(4-10-13(5)2)3-7-8(14)12-9(15)11-7/h3-4H,1-2H3,(H2,11,12,14,15). The molecule has 1 amide bonds. The predicted molar refractivity (Wildman–Crippen MR) is 59.8 cm³/mol. The van der Waals surface area contributed by atoms with Gasteiger partial charge in [-0.25, -0.2) is 0 Å². The fourth-order valence-electron chi connectivity index (χ4n) is 1.30. The van der Waals surface area contributed by atoms with Crippen molar-refractivity contribution in [3.8, 4) is 0 Å². The van der Waals surface area contributed by atoms with Crippen molar-refractivity contribution >= 4 is 29.3 Å². The Balaban J connectivity index is 2.35. The van der Waals surface area contributed by atoms with Gasteiger partial charge in [0.25, 0.3) is 5.91 Å². The fraction of sp³-hybridized carbons (Fsp3) is 0.222. The lowest BCUT2D eigenvalue weighted by Crippen LogP contribution is -2.21. The van der Waals surface area contributed by atoms with Gasteiger partial charge in [-0.3, -0.25) is 14.8 Å². The normalized spacial score (nSPS) is 18.1. The lowest BCUT2D eigenvalue weighted by molar-refractivity contribution is -0.115. The quantitative estimate of drug-likeness (QED) is 0.521. The van der Waals surface area contributed by atoms with Crippen LogP contribution in [0.4, 0.5) is 0 Å². The zero-order chi connectivity index (χ0) is 11.0. The Bertz CT molecular complexity index is 474. The number of aromatic nitrogens is 2. The molecule has 0 radical (unpaired) electrons. The van der Waals surface area contributed by atoms with Crippen LogP contribution in [0.3, 0.4) is 0 Å². The third kappa shape index (κ3) is 1.75. The van der Waals surface area contributed by atoms with E-state index in [9.17, 15) is 4.79 Å². The number of carbonyl (C=O) groups excluding carboxylic acids is 1. The molecule has 6 heteroatoms. The molecule has 0 aromatic carbocycles. The minimum atomic E-state index is -0.205. The van der Waals surface area contributed by atoms with Gasteiger partial charge in [-0.15, -0.1) is 0 Å². The van der Waals surface area contributed by atoms with E-state index in [0.29, 0.717) is 10.8 Å². The highest BCUT2D eigenvalue weighted by Gasteiger charge is 2.20. The highest BCUT2D eigenvalue weighted by Crippen LogP contribution is 2.11. The molecule has 15 heavy (non-hydrogen) atoms. The summed E-state index contributed by atoms with van der Waals surface area (Å²) in [5.74, 6) is -0.205. The molecule has 0 aliphatic carbocycles. The topological polar surface area (TPSA) is 58.9 Å². The molecule has 0 spiro atoms. The van der Waals surface area contributed by atoms with Gasteiger partial charge in [0.2, 0.25) is 0 Å². The molecule has 0 saturated carbocycles. The molecule has 2 rings (SSSR count). The van der Waals surface area contributed by atoms with Gasteiger partial charge in [0.1, 0.15) is 5.70 Å². The van der Waals surface area contributed by atoms with E-state index in [1.54, 1.807) is 17.0 Å². The first-order valence-electron chi connectivity index (χ1n) is 4.40. The molecular weight excluding hydrogens is 212 g/mol. The zero-order valence-electron chi connectivity index (χ0n) is 8.37. The third-order valence-electron chi connectivity index (χ3n) is 2.29. The summed E-state index contributed by atoms with van der Waals surface area (Å²) in [6, 6.07) is 0. The van der Waals surface area contributed by atoms with Gasteiger partial charge in [0, 0.05) is 18.3 Å². The molecule has 0 atom stereocenters. The van der Waals surface area contributed by atoms with Crippen LogP contribution in [0.15, 0.2) is 11.9 Å². The summed E-state index contributed by atoms with van der Waals surface area (Å²) in [7, 11) is 1.85. The van der Waals surface area contributed by atoms with E-state index in [2.05, 4.69) is 15.7 Å². The lowest BCUT2D eigenvalue weighted by atomic mass is 10.2. The molecule has 2 heterocycles. The molecule has 1 aromatic rings.